The lowest BCUT2D eigenvalue weighted by Gasteiger charge is -2.31. The Hall–Kier alpha value is -4.03. The molecule has 1 N–H and O–H groups in total. The Bertz CT molecular complexity index is 1400. The maximum absolute atomic E-state index is 13.7. The van der Waals surface area contributed by atoms with Crippen LogP contribution in [0.1, 0.15) is 54.8 Å². The summed E-state index contributed by atoms with van der Waals surface area (Å²) in [6, 6.07) is 22.6. The zero-order chi connectivity index (χ0) is 24.7. The van der Waals surface area contributed by atoms with E-state index in [-0.39, 0.29) is 11.6 Å². The van der Waals surface area contributed by atoms with Crippen LogP contribution in [-0.4, -0.2) is 27.6 Å². The predicted molar refractivity (Wildman–Crippen MR) is 135 cm³/mol. The van der Waals surface area contributed by atoms with E-state index in [1.54, 1.807) is 28.9 Å². The molecule has 1 aliphatic heterocycles. The number of nitrogens with zero attached hydrogens (tertiary/aromatic N) is 2. The lowest BCUT2D eigenvalue weighted by molar-refractivity contribution is 0.00633. The second-order valence-corrected chi connectivity index (χ2v) is 9.10. The summed E-state index contributed by atoms with van der Waals surface area (Å²) in [5.74, 6) is 0.140. The molecule has 2 heterocycles. The number of ketones is 2. The number of aromatic nitrogens is 2. The fourth-order valence-corrected chi connectivity index (χ4v) is 4.29. The number of carbonyl (C=O) groups excluding carboxylic acids is 2. The topological polar surface area (TPSA) is 73.2 Å². The van der Waals surface area contributed by atoms with Gasteiger partial charge in [-0.3, -0.25) is 9.59 Å². The normalized spacial score (nSPS) is 16.9. The number of hydrogen-bond acceptors (Lipinski definition) is 5. The molecule has 0 radical (unpaired) electrons. The number of ether oxygens (including phenoxy) is 1. The molecule has 2 atom stereocenters. The maximum Gasteiger partial charge on any atom is 0.212 e. The van der Waals surface area contributed by atoms with Gasteiger partial charge in [-0.1, -0.05) is 77.4 Å². The largest absolute Gasteiger partial charge is 0.338 e. The van der Waals surface area contributed by atoms with Crippen molar-refractivity contribution in [3.63, 3.8) is 0 Å². The molecule has 3 aromatic carbocycles. The Morgan fingerprint density at radius 1 is 0.743 bits per heavy atom. The van der Waals surface area contributed by atoms with E-state index < -0.39 is 12.3 Å². The Morgan fingerprint density at radius 2 is 1.23 bits per heavy atom. The molecule has 1 aliphatic rings. The summed E-state index contributed by atoms with van der Waals surface area (Å²) in [6.45, 7) is 7.81. The van der Waals surface area contributed by atoms with Gasteiger partial charge < -0.3 is 10.1 Å². The minimum atomic E-state index is -1.04. The maximum atomic E-state index is 13.7. The molecule has 0 saturated carbocycles. The van der Waals surface area contributed by atoms with E-state index >= 15 is 0 Å². The zero-order valence-corrected chi connectivity index (χ0v) is 20.2. The lowest BCUT2D eigenvalue weighted by Crippen LogP contribution is -2.40. The number of hydrogen-bond donors (Lipinski definition) is 1. The van der Waals surface area contributed by atoms with Crippen LogP contribution >= 0.6 is 0 Å². The van der Waals surface area contributed by atoms with Gasteiger partial charge in [0.1, 0.15) is 5.82 Å². The number of aryl methyl sites for hydroxylation is 4. The minimum Gasteiger partial charge on any atom is -0.338 e. The summed E-state index contributed by atoms with van der Waals surface area (Å²) in [6.07, 6.45) is -2.00. The lowest BCUT2D eigenvalue weighted by atomic mass is 9.97. The third kappa shape index (κ3) is 4.29. The SMILES string of the molecule is Cc1ccc(C(=O)[C@H]2Nc3c(c(C)nn3-c3ccc(C)cc3)[C@H](C(=O)c3ccc(C)cc3)O2)cc1. The number of rotatable bonds is 5. The molecule has 0 fully saturated rings. The van der Waals surface area contributed by atoms with E-state index in [0.717, 1.165) is 22.4 Å². The van der Waals surface area contributed by atoms with Gasteiger partial charge in [-0.15, -0.1) is 0 Å². The Morgan fingerprint density at radius 3 is 1.77 bits per heavy atom. The number of benzene rings is 3. The molecule has 1 aromatic heterocycles. The van der Waals surface area contributed by atoms with E-state index in [0.29, 0.717) is 28.2 Å². The Balaban J connectivity index is 1.61. The van der Waals surface area contributed by atoms with E-state index in [9.17, 15) is 9.59 Å². The first kappa shape index (κ1) is 22.7. The molecule has 5 rings (SSSR count). The highest BCUT2D eigenvalue weighted by Gasteiger charge is 2.40. The third-order valence-electron chi connectivity index (χ3n) is 6.34. The first-order chi connectivity index (χ1) is 16.8. The average Bonchev–Trinajstić information content (AvgIpc) is 3.20. The van der Waals surface area contributed by atoms with Gasteiger partial charge in [-0.25, -0.2) is 4.68 Å². The smallest absolute Gasteiger partial charge is 0.212 e. The standard InChI is InChI=1S/C29H27N3O3/c1-17-5-11-21(12-6-17)25(33)27-24-20(4)31-32(23-15-9-19(3)10-16-23)28(24)30-29(35-27)26(34)22-13-7-18(2)8-14-22/h5-16,27,29-30H,1-4H3/t27-,29+/m1/s1. The summed E-state index contributed by atoms with van der Waals surface area (Å²) < 4.78 is 7.94. The first-order valence-corrected chi connectivity index (χ1v) is 11.6. The van der Waals surface area contributed by atoms with Crippen LogP contribution in [0, 0.1) is 27.7 Å². The van der Waals surface area contributed by atoms with Gasteiger partial charge in [0.15, 0.2) is 18.1 Å². The van der Waals surface area contributed by atoms with Crippen LogP contribution in [0.25, 0.3) is 5.69 Å². The van der Waals surface area contributed by atoms with E-state index in [2.05, 4.69) is 5.32 Å². The second-order valence-electron chi connectivity index (χ2n) is 9.10. The summed E-state index contributed by atoms with van der Waals surface area (Å²) in [4.78, 5) is 27.1. The van der Waals surface area contributed by atoms with Crippen molar-refractivity contribution < 1.29 is 14.3 Å². The van der Waals surface area contributed by atoms with Crippen molar-refractivity contribution in [2.24, 2.45) is 0 Å². The molecule has 6 nitrogen and oxygen atoms in total. The molecule has 0 unspecified atom stereocenters. The molecule has 0 spiro atoms. The zero-order valence-electron chi connectivity index (χ0n) is 20.2. The summed E-state index contributed by atoms with van der Waals surface area (Å²) >= 11 is 0. The highest BCUT2D eigenvalue weighted by Crippen LogP contribution is 2.39. The van der Waals surface area contributed by atoms with Gasteiger partial charge in [0.25, 0.3) is 0 Å². The van der Waals surface area contributed by atoms with E-state index in [4.69, 9.17) is 9.84 Å². The molecule has 176 valence electrons. The van der Waals surface area contributed by atoms with Gasteiger partial charge in [0.05, 0.1) is 16.9 Å². The monoisotopic (exact) mass is 465 g/mol. The van der Waals surface area contributed by atoms with Gasteiger partial charge in [-0.2, -0.15) is 5.10 Å². The van der Waals surface area contributed by atoms with Gasteiger partial charge in [0, 0.05) is 11.1 Å². The van der Waals surface area contributed by atoms with Crippen molar-refractivity contribution in [3.05, 3.63) is 112 Å². The van der Waals surface area contributed by atoms with Crippen molar-refractivity contribution in [1.29, 1.82) is 0 Å². The molecular weight excluding hydrogens is 438 g/mol. The summed E-state index contributed by atoms with van der Waals surface area (Å²) in [7, 11) is 0. The molecule has 4 aromatic rings. The fourth-order valence-electron chi connectivity index (χ4n) is 4.29. The van der Waals surface area contributed by atoms with Crippen molar-refractivity contribution in [2.75, 3.05) is 5.32 Å². The molecule has 0 saturated heterocycles. The Labute approximate surface area is 204 Å². The number of nitrogens with one attached hydrogen (secondary N) is 1. The van der Waals surface area contributed by atoms with E-state index in [1.165, 1.54) is 0 Å². The molecule has 0 bridgehead atoms. The molecule has 0 amide bonds. The molecule has 35 heavy (non-hydrogen) atoms. The molecular formula is C29H27N3O3. The van der Waals surface area contributed by atoms with Crippen molar-refractivity contribution >= 4 is 17.4 Å². The van der Waals surface area contributed by atoms with Crippen LogP contribution in [0.5, 0.6) is 0 Å². The number of fused-ring (bicyclic) bond motifs is 1. The van der Waals surface area contributed by atoms with Crippen molar-refractivity contribution in [2.45, 2.75) is 40.0 Å². The van der Waals surface area contributed by atoms with Crippen LogP contribution in [0.2, 0.25) is 0 Å². The third-order valence-corrected chi connectivity index (χ3v) is 6.34. The van der Waals surface area contributed by atoms with Crippen LogP contribution in [0.15, 0.2) is 72.8 Å². The first-order valence-electron chi connectivity index (χ1n) is 11.6. The predicted octanol–water partition coefficient (Wildman–Crippen LogP) is 5.68. The fraction of sp³-hybridized carbons (Fsp3) is 0.207. The number of Topliss-reactive ketones (excluding diaryl/α,β-unsaturated/α-hetero) is 2. The summed E-state index contributed by atoms with van der Waals surface area (Å²) in [5, 5.41) is 7.96. The highest BCUT2D eigenvalue weighted by molar-refractivity contribution is 6.04. The number of anilines is 1. The highest BCUT2D eigenvalue weighted by atomic mass is 16.5. The Kier molecular flexibility index (Phi) is 5.83. The summed E-state index contributed by atoms with van der Waals surface area (Å²) in [5.41, 5.74) is 6.42. The minimum absolute atomic E-state index is 0.207. The van der Waals surface area contributed by atoms with Gasteiger partial charge in [0.2, 0.25) is 5.78 Å². The quantitative estimate of drug-likeness (QED) is 0.384. The van der Waals surface area contributed by atoms with Crippen molar-refractivity contribution in [1.82, 2.24) is 9.78 Å². The van der Waals surface area contributed by atoms with Crippen LogP contribution in [0.4, 0.5) is 5.82 Å². The average molecular weight is 466 g/mol. The van der Waals surface area contributed by atoms with Gasteiger partial charge >= 0.3 is 0 Å². The van der Waals surface area contributed by atoms with Crippen LogP contribution in [0.3, 0.4) is 0 Å². The second kappa shape index (κ2) is 8.96. The van der Waals surface area contributed by atoms with Crippen LogP contribution in [-0.2, 0) is 4.74 Å². The van der Waals surface area contributed by atoms with Crippen LogP contribution < -0.4 is 5.32 Å². The van der Waals surface area contributed by atoms with Crippen molar-refractivity contribution in [3.8, 4) is 5.69 Å². The molecule has 6 heteroatoms. The van der Waals surface area contributed by atoms with Gasteiger partial charge in [-0.05, 0) is 39.8 Å². The van der Waals surface area contributed by atoms with E-state index in [1.807, 2.05) is 76.2 Å². The molecule has 0 aliphatic carbocycles. The number of carbonyl (C=O) groups is 2.